The lowest BCUT2D eigenvalue weighted by Gasteiger charge is -2.24. The molecule has 0 unspecified atom stereocenters. The lowest BCUT2D eigenvalue weighted by atomic mass is 10.3. The number of hydrogen-bond donors (Lipinski definition) is 1. The molecule has 0 fully saturated rings. The molecule has 0 atom stereocenters. The zero-order valence-corrected chi connectivity index (χ0v) is 10.5. The number of halogens is 3. The summed E-state index contributed by atoms with van der Waals surface area (Å²) in [6.45, 7) is 0.407. The van der Waals surface area contributed by atoms with Crippen LogP contribution in [0.15, 0.2) is 12.1 Å². The van der Waals surface area contributed by atoms with Crippen molar-refractivity contribution in [2.75, 3.05) is 30.8 Å². The molecular weight excluding hydrogens is 263 g/mol. The minimum atomic E-state index is -4.38. The zero-order chi connectivity index (χ0) is 14.6. The molecule has 19 heavy (non-hydrogen) atoms. The molecule has 1 heterocycles. The molecule has 0 aliphatic rings. The summed E-state index contributed by atoms with van der Waals surface area (Å²) in [5, 5.41) is 0. The number of pyridine rings is 1. The van der Waals surface area contributed by atoms with E-state index in [2.05, 4.69) is 9.72 Å². The van der Waals surface area contributed by atoms with Crippen molar-refractivity contribution >= 4 is 17.5 Å². The predicted octanol–water partition coefficient (Wildman–Crippen LogP) is 1.84. The number of nitrogen functional groups attached to an aromatic ring is 1. The van der Waals surface area contributed by atoms with Crippen molar-refractivity contribution in [2.45, 2.75) is 13.1 Å². The van der Waals surface area contributed by atoms with Crippen molar-refractivity contribution < 1.29 is 22.7 Å². The van der Waals surface area contributed by atoms with Crippen molar-refractivity contribution in [3.05, 3.63) is 17.8 Å². The van der Waals surface area contributed by atoms with Gasteiger partial charge in [-0.25, -0.2) is 9.78 Å². The Hall–Kier alpha value is -1.99. The van der Waals surface area contributed by atoms with E-state index in [1.54, 1.807) is 0 Å². The first-order valence-electron chi connectivity index (χ1n) is 5.45. The Labute approximate surface area is 108 Å². The Kier molecular flexibility index (Phi) is 4.57. The monoisotopic (exact) mass is 277 g/mol. The molecular formula is C11H14F3N3O2. The van der Waals surface area contributed by atoms with E-state index >= 15 is 0 Å². The smallest absolute Gasteiger partial charge is 0.405 e. The molecule has 1 aromatic rings. The van der Waals surface area contributed by atoms with Gasteiger partial charge in [-0.05, 0) is 19.1 Å². The van der Waals surface area contributed by atoms with E-state index in [0.29, 0.717) is 0 Å². The summed E-state index contributed by atoms with van der Waals surface area (Å²) >= 11 is 0. The summed E-state index contributed by atoms with van der Waals surface area (Å²) in [7, 11) is 1.16. The van der Waals surface area contributed by atoms with E-state index < -0.39 is 18.7 Å². The van der Waals surface area contributed by atoms with Crippen molar-refractivity contribution in [1.82, 2.24) is 4.98 Å². The Morgan fingerprint density at radius 1 is 1.47 bits per heavy atom. The molecule has 2 N–H and O–H groups in total. The number of hydrogen-bond acceptors (Lipinski definition) is 5. The average Bonchev–Trinajstić information content (AvgIpc) is 2.34. The van der Waals surface area contributed by atoms with Gasteiger partial charge in [0.05, 0.1) is 12.8 Å². The normalized spacial score (nSPS) is 11.2. The predicted molar refractivity (Wildman–Crippen MR) is 63.9 cm³/mol. The van der Waals surface area contributed by atoms with Crippen molar-refractivity contribution in [2.24, 2.45) is 0 Å². The van der Waals surface area contributed by atoms with Crippen LogP contribution < -0.4 is 10.6 Å². The molecule has 1 aromatic heterocycles. The van der Waals surface area contributed by atoms with Gasteiger partial charge < -0.3 is 15.4 Å². The molecule has 8 heteroatoms. The third kappa shape index (κ3) is 4.01. The maximum atomic E-state index is 12.4. The number of methoxy groups -OCH3 is 1. The Bertz CT molecular complexity index is 463. The number of aromatic nitrogens is 1. The fraction of sp³-hybridized carbons (Fsp3) is 0.455. The lowest BCUT2D eigenvalue weighted by Crippen LogP contribution is -2.35. The highest BCUT2D eigenvalue weighted by Crippen LogP contribution is 2.25. The van der Waals surface area contributed by atoms with Crippen LogP contribution in [0.5, 0.6) is 0 Å². The maximum absolute atomic E-state index is 12.4. The molecule has 0 radical (unpaired) electrons. The summed E-state index contributed by atoms with van der Waals surface area (Å²) in [6.07, 6.45) is -4.38. The van der Waals surface area contributed by atoms with Crippen molar-refractivity contribution in [3.63, 3.8) is 0 Å². The second kappa shape index (κ2) is 5.77. The first-order valence-corrected chi connectivity index (χ1v) is 5.45. The van der Waals surface area contributed by atoms with Crippen molar-refractivity contribution in [3.8, 4) is 0 Å². The fourth-order valence-corrected chi connectivity index (χ4v) is 1.48. The molecule has 1 rings (SSSR count). The standard InChI is InChI=1S/C11H14F3N3O2/c1-3-17(6-11(12,13)14)9-7(15)4-5-8(16-9)10(18)19-2/h4-5H,3,6,15H2,1-2H3. The summed E-state index contributed by atoms with van der Waals surface area (Å²) in [5.41, 5.74) is 5.58. The topological polar surface area (TPSA) is 68.5 Å². The zero-order valence-electron chi connectivity index (χ0n) is 10.5. The second-order valence-corrected chi connectivity index (χ2v) is 3.73. The number of anilines is 2. The first kappa shape index (κ1) is 15.1. The van der Waals surface area contributed by atoms with Crippen LogP contribution in [0, 0.1) is 0 Å². The first-order chi connectivity index (χ1) is 8.78. The van der Waals surface area contributed by atoms with Gasteiger partial charge in [0.2, 0.25) is 0 Å². The van der Waals surface area contributed by atoms with Crippen LogP contribution in [0.4, 0.5) is 24.7 Å². The Morgan fingerprint density at radius 2 is 2.11 bits per heavy atom. The molecule has 0 aliphatic heterocycles. The Morgan fingerprint density at radius 3 is 2.58 bits per heavy atom. The van der Waals surface area contributed by atoms with Gasteiger partial charge >= 0.3 is 12.1 Å². The van der Waals surface area contributed by atoms with Gasteiger partial charge in [-0.2, -0.15) is 13.2 Å². The highest BCUT2D eigenvalue weighted by atomic mass is 19.4. The molecule has 0 bridgehead atoms. The van der Waals surface area contributed by atoms with Crippen LogP contribution >= 0.6 is 0 Å². The van der Waals surface area contributed by atoms with Gasteiger partial charge in [-0.15, -0.1) is 0 Å². The molecule has 0 aliphatic carbocycles. The SMILES string of the molecule is CCN(CC(F)(F)F)c1nc(C(=O)OC)ccc1N. The average molecular weight is 277 g/mol. The van der Waals surface area contributed by atoms with E-state index in [-0.39, 0.29) is 23.7 Å². The maximum Gasteiger partial charge on any atom is 0.405 e. The molecule has 0 aromatic carbocycles. The minimum Gasteiger partial charge on any atom is -0.464 e. The number of ether oxygens (including phenoxy) is 1. The van der Waals surface area contributed by atoms with E-state index in [1.165, 1.54) is 19.1 Å². The van der Waals surface area contributed by atoms with Gasteiger partial charge in [0, 0.05) is 6.54 Å². The molecule has 0 saturated carbocycles. The van der Waals surface area contributed by atoms with E-state index in [9.17, 15) is 18.0 Å². The van der Waals surface area contributed by atoms with Crippen LogP contribution in [0.2, 0.25) is 0 Å². The van der Waals surface area contributed by atoms with E-state index in [1.807, 2.05) is 0 Å². The van der Waals surface area contributed by atoms with E-state index in [4.69, 9.17) is 5.73 Å². The molecule has 0 spiro atoms. The third-order valence-corrected chi connectivity index (χ3v) is 2.35. The van der Waals surface area contributed by atoms with Gasteiger partial charge in [0.15, 0.2) is 11.5 Å². The highest BCUT2D eigenvalue weighted by Gasteiger charge is 2.31. The third-order valence-electron chi connectivity index (χ3n) is 2.35. The summed E-state index contributed by atoms with van der Waals surface area (Å²) in [6, 6.07) is 2.62. The number of nitrogens with zero attached hydrogens (tertiary/aromatic N) is 2. The van der Waals surface area contributed by atoms with E-state index in [0.717, 1.165) is 12.0 Å². The number of rotatable bonds is 4. The van der Waals surface area contributed by atoms with Gasteiger partial charge in [0.25, 0.3) is 0 Å². The van der Waals surface area contributed by atoms with Gasteiger partial charge in [-0.1, -0.05) is 0 Å². The molecule has 0 amide bonds. The van der Waals surface area contributed by atoms with Crippen LogP contribution in [0.1, 0.15) is 17.4 Å². The molecule has 106 valence electrons. The largest absolute Gasteiger partial charge is 0.464 e. The Balaban J connectivity index is 3.12. The summed E-state index contributed by atoms with van der Waals surface area (Å²) in [4.78, 5) is 16.1. The number of esters is 1. The lowest BCUT2D eigenvalue weighted by molar-refractivity contribution is -0.119. The van der Waals surface area contributed by atoms with Gasteiger partial charge in [-0.3, -0.25) is 0 Å². The summed E-state index contributed by atoms with van der Waals surface area (Å²) in [5.74, 6) is -0.813. The quantitative estimate of drug-likeness (QED) is 0.850. The van der Waals surface area contributed by atoms with Crippen LogP contribution in [0.25, 0.3) is 0 Å². The van der Waals surface area contributed by atoms with Crippen molar-refractivity contribution in [1.29, 1.82) is 0 Å². The minimum absolute atomic E-state index is 0.0569. The second-order valence-electron chi connectivity index (χ2n) is 3.73. The number of alkyl halides is 3. The van der Waals surface area contributed by atoms with Crippen LogP contribution in [0.3, 0.4) is 0 Å². The molecule has 5 nitrogen and oxygen atoms in total. The number of nitrogens with two attached hydrogens (primary N) is 1. The van der Waals surface area contributed by atoms with Gasteiger partial charge in [0.1, 0.15) is 6.54 Å². The number of carbonyl (C=O) groups is 1. The fourth-order valence-electron chi connectivity index (χ4n) is 1.48. The highest BCUT2D eigenvalue weighted by molar-refractivity contribution is 5.88. The molecule has 0 saturated heterocycles. The van der Waals surface area contributed by atoms with Crippen LogP contribution in [-0.2, 0) is 4.74 Å². The summed E-state index contributed by atoms with van der Waals surface area (Å²) < 4.78 is 41.8. The van der Waals surface area contributed by atoms with Crippen LogP contribution in [-0.4, -0.2) is 37.3 Å². The number of carbonyl (C=O) groups excluding carboxylic acids is 1.